The van der Waals surface area contributed by atoms with E-state index in [9.17, 15) is 4.79 Å². The first-order valence-electron chi connectivity index (χ1n) is 7.35. The number of fused-ring (bicyclic) bond motifs is 1. The van der Waals surface area contributed by atoms with Gasteiger partial charge in [-0.2, -0.15) is 4.37 Å². The number of hydrogen-bond acceptors (Lipinski definition) is 5. The topological polar surface area (TPSA) is 47.8 Å². The second kappa shape index (κ2) is 6.47. The second-order valence-corrected chi connectivity index (χ2v) is 7.53. The number of nitrogens with zero attached hydrogens (tertiary/aromatic N) is 3. The van der Waals surface area contributed by atoms with Crippen molar-refractivity contribution in [1.82, 2.24) is 13.9 Å². The number of aryl methyl sites for hydroxylation is 2. The normalized spacial score (nSPS) is 11.2. The molecule has 0 aliphatic carbocycles. The van der Waals surface area contributed by atoms with Crippen molar-refractivity contribution in [2.75, 3.05) is 0 Å². The third-order valence-electron chi connectivity index (χ3n) is 3.75. The van der Waals surface area contributed by atoms with Gasteiger partial charge in [0.25, 0.3) is 5.56 Å². The highest BCUT2D eigenvalue weighted by atomic mass is 35.5. The molecule has 0 saturated carbocycles. The summed E-state index contributed by atoms with van der Waals surface area (Å²) >= 11 is 8.83. The minimum atomic E-state index is -0.0331. The van der Waals surface area contributed by atoms with Crippen LogP contribution in [0.1, 0.15) is 4.88 Å². The lowest BCUT2D eigenvalue weighted by Gasteiger charge is -2.04. The van der Waals surface area contributed by atoms with Crippen LogP contribution in [0.15, 0.2) is 52.9 Å². The molecule has 0 atom stereocenters. The smallest absolute Gasteiger partial charge is 0.272 e. The van der Waals surface area contributed by atoms with E-state index in [0.717, 1.165) is 17.7 Å². The Kier molecular flexibility index (Phi) is 4.18. The van der Waals surface area contributed by atoms with Gasteiger partial charge < -0.3 is 0 Å². The molecular weight excluding hydrogens is 362 g/mol. The fourth-order valence-electron chi connectivity index (χ4n) is 2.50. The van der Waals surface area contributed by atoms with E-state index in [2.05, 4.69) is 15.4 Å². The lowest BCUT2D eigenvalue weighted by Crippen LogP contribution is -2.20. The SMILES string of the molecule is O=c1c2snc(-c3ccc(Cl)cc3)c2ncn1CCc1cccs1. The maximum absolute atomic E-state index is 12.7. The molecule has 0 aliphatic heterocycles. The van der Waals surface area contributed by atoms with Crippen LogP contribution in [0.25, 0.3) is 21.5 Å². The zero-order chi connectivity index (χ0) is 16.5. The van der Waals surface area contributed by atoms with Crippen molar-refractivity contribution in [2.24, 2.45) is 0 Å². The maximum Gasteiger partial charge on any atom is 0.272 e. The van der Waals surface area contributed by atoms with E-state index < -0.39 is 0 Å². The molecule has 4 rings (SSSR count). The predicted molar refractivity (Wildman–Crippen MR) is 100 cm³/mol. The van der Waals surface area contributed by atoms with Crippen LogP contribution >= 0.6 is 34.5 Å². The Balaban J connectivity index is 1.70. The average Bonchev–Trinajstić information content (AvgIpc) is 3.25. The van der Waals surface area contributed by atoms with Crippen molar-refractivity contribution in [3.8, 4) is 11.3 Å². The monoisotopic (exact) mass is 373 g/mol. The van der Waals surface area contributed by atoms with Gasteiger partial charge in [-0.25, -0.2) is 4.98 Å². The molecule has 3 heterocycles. The molecule has 0 spiro atoms. The highest BCUT2D eigenvalue weighted by Gasteiger charge is 2.14. The van der Waals surface area contributed by atoms with Gasteiger partial charge in [0, 0.05) is 22.0 Å². The molecular formula is C17H12ClN3OS2. The zero-order valence-corrected chi connectivity index (χ0v) is 14.9. The second-order valence-electron chi connectivity index (χ2n) is 5.29. The lowest BCUT2D eigenvalue weighted by atomic mass is 10.1. The first kappa shape index (κ1) is 15.5. The lowest BCUT2D eigenvalue weighted by molar-refractivity contribution is 0.668. The van der Waals surface area contributed by atoms with E-state index in [1.54, 1.807) is 22.2 Å². The van der Waals surface area contributed by atoms with Crippen molar-refractivity contribution in [1.29, 1.82) is 0 Å². The van der Waals surface area contributed by atoms with E-state index in [1.165, 1.54) is 16.4 Å². The maximum atomic E-state index is 12.7. The molecule has 3 aromatic heterocycles. The van der Waals surface area contributed by atoms with Gasteiger partial charge in [0.2, 0.25) is 0 Å². The number of halogens is 1. The summed E-state index contributed by atoms with van der Waals surface area (Å²) < 4.78 is 6.68. The van der Waals surface area contributed by atoms with Crippen molar-refractivity contribution < 1.29 is 0 Å². The van der Waals surface area contributed by atoms with E-state index >= 15 is 0 Å². The molecule has 0 N–H and O–H groups in total. The molecule has 24 heavy (non-hydrogen) atoms. The van der Waals surface area contributed by atoms with Crippen LogP contribution in [0.4, 0.5) is 0 Å². The average molecular weight is 374 g/mol. The Morgan fingerprint density at radius 2 is 2.00 bits per heavy atom. The van der Waals surface area contributed by atoms with Crippen molar-refractivity contribution in [2.45, 2.75) is 13.0 Å². The van der Waals surface area contributed by atoms with E-state index in [-0.39, 0.29) is 5.56 Å². The summed E-state index contributed by atoms with van der Waals surface area (Å²) in [6.07, 6.45) is 2.44. The van der Waals surface area contributed by atoms with Crippen LogP contribution in [0, 0.1) is 0 Å². The standard InChI is InChI=1S/C17H12ClN3OS2/c18-12-5-3-11(4-6-12)14-15-16(24-20-14)17(22)21(10-19-15)8-7-13-2-1-9-23-13/h1-6,9-10H,7-8H2. The summed E-state index contributed by atoms with van der Waals surface area (Å²) in [5.41, 5.74) is 2.26. The predicted octanol–water partition coefficient (Wildman–Crippen LogP) is 4.48. The first-order valence-corrected chi connectivity index (χ1v) is 9.38. The quantitative estimate of drug-likeness (QED) is 0.530. The molecule has 0 unspecified atom stereocenters. The number of hydrogen-bond donors (Lipinski definition) is 0. The minimum absolute atomic E-state index is 0.0331. The molecule has 0 fully saturated rings. The third kappa shape index (κ3) is 2.88. The fourth-order valence-corrected chi connectivity index (χ4v) is 4.13. The third-order valence-corrected chi connectivity index (χ3v) is 5.76. The van der Waals surface area contributed by atoms with Crippen molar-refractivity contribution in [3.63, 3.8) is 0 Å². The van der Waals surface area contributed by atoms with Gasteiger partial charge in [-0.3, -0.25) is 9.36 Å². The Hall–Kier alpha value is -2.02. The first-order chi connectivity index (χ1) is 11.7. The number of benzene rings is 1. The molecule has 7 heteroatoms. The molecule has 1 aromatic carbocycles. The summed E-state index contributed by atoms with van der Waals surface area (Å²) in [5, 5.41) is 2.71. The van der Waals surface area contributed by atoms with Gasteiger partial charge in [-0.15, -0.1) is 11.3 Å². The molecule has 120 valence electrons. The van der Waals surface area contributed by atoms with Gasteiger partial charge in [0.15, 0.2) is 0 Å². The van der Waals surface area contributed by atoms with E-state index in [0.29, 0.717) is 21.8 Å². The van der Waals surface area contributed by atoms with Crippen molar-refractivity contribution >= 4 is 44.7 Å². The largest absolute Gasteiger partial charge is 0.298 e. The van der Waals surface area contributed by atoms with Crippen LogP contribution in [0.3, 0.4) is 0 Å². The van der Waals surface area contributed by atoms with Crippen LogP contribution in [0.5, 0.6) is 0 Å². The molecule has 0 aliphatic rings. The summed E-state index contributed by atoms with van der Waals surface area (Å²) in [7, 11) is 0. The van der Waals surface area contributed by atoms with Gasteiger partial charge in [0.1, 0.15) is 15.9 Å². The number of thiophene rings is 1. The van der Waals surface area contributed by atoms with Gasteiger partial charge in [-0.1, -0.05) is 29.8 Å². The summed E-state index contributed by atoms with van der Waals surface area (Å²) in [5.74, 6) is 0. The van der Waals surface area contributed by atoms with Crippen LogP contribution in [0.2, 0.25) is 5.02 Å². The summed E-state index contributed by atoms with van der Waals surface area (Å²) in [6, 6.07) is 11.5. The van der Waals surface area contributed by atoms with Crippen LogP contribution in [-0.2, 0) is 13.0 Å². The Morgan fingerprint density at radius 1 is 1.17 bits per heavy atom. The van der Waals surface area contributed by atoms with Gasteiger partial charge in [0.05, 0.1) is 6.33 Å². The Labute approximate surface area is 151 Å². The summed E-state index contributed by atoms with van der Waals surface area (Å²) in [4.78, 5) is 18.4. The van der Waals surface area contributed by atoms with E-state index in [1.807, 2.05) is 35.7 Å². The Bertz CT molecular complexity index is 1040. The fraction of sp³-hybridized carbons (Fsp3) is 0.118. The minimum Gasteiger partial charge on any atom is -0.298 e. The molecule has 4 nitrogen and oxygen atoms in total. The summed E-state index contributed by atoms with van der Waals surface area (Å²) in [6.45, 7) is 0.621. The van der Waals surface area contributed by atoms with Gasteiger partial charge in [-0.05, 0) is 41.5 Å². The Morgan fingerprint density at radius 3 is 2.75 bits per heavy atom. The van der Waals surface area contributed by atoms with Crippen LogP contribution in [-0.4, -0.2) is 13.9 Å². The molecule has 0 saturated heterocycles. The molecule has 0 radical (unpaired) electrons. The molecule has 4 aromatic rings. The molecule has 0 amide bonds. The van der Waals surface area contributed by atoms with Crippen LogP contribution < -0.4 is 5.56 Å². The highest BCUT2D eigenvalue weighted by molar-refractivity contribution is 7.13. The van der Waals surface area contributed by atoms with E-state index in [4.69, 9.17) is 11.6 Å². The van der Waals surface area contributed by atoms with Gasteiger partial charge >= 0.3 is 0 Å². The highest BCUT2D eigenvalue weighted by Crippen LogP contribution is 2.28. The molecule has 0 bridgehead atoms. The number of rotatable bonds is 4. The van der Waals surface area contributed by atoms with Crippen molar-refractivity contribution in [3.05, 3.63) is 68.4 Å². The zero-order valence-electron chi connectivity index (χ0n) is 12.5. The number of aromatic nitrogens is 3.